The summed E-state index contributed by atoms with van der Waals surface area (Å²) >= 11 is 0. The summed E-state index contributed by atoms with van der Waals surface area (Å²) in [5.41, 5.74) is 1.86. The Labute approximate surface area is 147 Å². The second-order valence-corrected chi connectivity index (χ2v) is 6.46. The summed E-state index contributed by atoms with van der Waals surface area (Å²) in [6, 6.07) is 1.94. The summed E-state index contributed by atoms with van der Waals surface area (Å²) in [7, 11) is 0. The largest absolute Gasteiger partial charge is 0.361 e. The number of amides is 1. The first-order valence-electron chi connectivity index (χ1n) is 8.89. The lowest BCUT2D eigenvalue weighted by Gasteiger charge is -2.27. The minimum atomic E-state index is -0.0213. The molecule has 1 aliphatic heterocycles. The molecule has 1 fully saturated rings. The van der Waals surface area contributed by atoms with Crippen molar-refractivity contribution in [3.8, 4) is 0 Å². The number of hydrogen-bond acceptors (Lipinski definition) is 6. The summed E-state index contributed by atoms with van der Waals surface area (Å²) in [6.07, 6.45) is 6.49. The van der Waals surface area contributed by atoms with Gasteiger partial charge in [0.2, 0.25) is 5.91 Å². The number of aryl methyl sites for hydroxylation is 2. The van der Waals surface area contributed by atoms with E-state index in [1.807, 2.05) is 19.9 Å². The molecule has 0 aromatic carbocycles. The molecule has 1 aliphatic rings. The van der Waals surface area contributed by atoms with Crippen LogP contribution in [-0.4, -0.2) is 34.1 Å². The molecule has 0 aliphatic carbocycles. The SMILES string of the molecule is Cc1noc(C)c1CCC(=O)NCc1nccc(N2CCCCC2)n1. The number of rotatable bonds is 6. The van der Waals surface area contributed by atoms with E-state index in [4.69, 9.17) is 4.52 Å². The van der Waals surface area contributed by atoms with E-state index >= 15 is 0 Å². The van der Waals surface area contributed by atoms with Crippen LogP contribution in [0.15, 0.2) is 16.8 Å². The molecule has 1 N–H and O–H groups in total. The molecule has 0 radical (unpaired) electrons. The number of nitrogens with zero attached hydrogens (tertiary/aromatic N) is 4. The van der Waals surface area contributed by atoms with Crippen molar-refractivity contribution >= 4 is 11.7 Å². The number of piperidine rings is 1. The number of hydrogen-bond donors (Lipinski definition) is 1. The fourth-order valence-corrected chi connectivity index (χ4v) is 3.14. The standard InChI is InChI=1S/C18H25N5O2/c1-13-15(14(2)25-22-13)6-7-18(24)20-12-16-19-9-8-17(21-16)23-10-4-3-5-11-23/h8-9H,3-7,10-12H2,1-2H3,(H,20,24). The zero-order valence-corrected chi connectivity index (χ0v) is 14.9. The van der Waals surface area contributed by atoms with Crippen molar-refractivity contribution in [2.75, 3.05) is 18.0 Å². The summed E-state index contributed by atoms with van der Waals surface area (Å²) in [5.74, 6) is 2.36. The van der Waals surface area contributed by atoms with Gasteiger partial charge in [0.05, 0.1) is 12.2 Å². The summed E-state index contributed by atoms with van der Waals surface area (Å²) < 4.78 is 5.12. The first-order valence-corrected chi connectivity index (χ1v) is 8.89. The molecule has 0 unspecified atom stereocenters. The van der Waals surface area contributed by atoms with E-state index in [1.54, 1.807) is 6.20 Å². The topological polar surface area (TPSA) is 84.2 Å². The highest BCUT2D eigenvalue weighted by molar-refractivity contribution is 5.76. The molecule has 0 spiro atoms. The van der Waals surface area contributed by atoms with Crippen LogP contribution in [0, 0.1) is 13.8 Å². The van der Waals surface area contributed by atoms with Crippen molar-refractivity contribution in [3.05, 3.63) is 35.1 Å². The Bertz CT molecular complexity index is 703. The van der Waals surface area contributed by atoms with Crippen LogP contribution in [0.2, 0.25) is 0 Å². The maximum atomic E-state index is 12.1. The Hall–Kier alpha value is -2.44. The van der Waals surface area contributed by atoms with E-state index in [0.29, 0.717) is 25.2 Å². The van der Waals surface area contributed by atoms with Gasteiger partial charge in [0.15, 0.2) is 0 Å². The third-order valence-electron chi connectivity index (χ3n) is 4.60. The van der Waals surface area contributed by atoms with Crippen LogP contribution in [0.25, 0.3) is 0 Å². The smallest absolute Gasteiger partial charge is 0.220 e. The Morgan fingerprint density at radius 2 is 2.08 bits per heavy atom. The predicted molar refractivity (Wildman–Crippen MR) is 94.2 cm³/mol. The van der Waals surface area contributed by atoms with Crippen LogP contribution < -0.4 is 10.2 Å². The summed E-state index contributed by atoms with van der Waals surface area (Å²) in [5, 5.41) is 6.81. The van der Waals surface area contributed by atoms with Gasteiger partial charge in [-0.05, 0) is 45.6 Å². The quantitative estimate of drug-likeness (QED) is 0.866. The van der Waals surface area contributed by atoms with Gasteiger partial charge in [-0.1, -0.05) is 5.16 Å². The number of carbonyl (C=O) groups is 1. The lowest BCUT2D eigenvalue weighted by atomic mass is 10.1. The van der Waals surface area contributed by atoms with Crippen molar-refractivity contribution in [1.82, 2.24) is 20.4 Å². The van der Waals surface area contributed by atoms with E-state index < -0.39 is 0 Å². The number of aromatic nitrogens is 3. The van der Waals surface area contributed by atoms with Crippen molar-refractivity contribution in [2.24, 2.45) is 0 Å². The second-order valence-electron chi connectivity index (χ2n) is 6.46. The molecule has 0 saturated carbocycles. The number of anilines is 1. The summed E-state index contributed by atoms with van der Waals surface area (Å²) in [4.78, 5) is 23.2. The molecule has 0 bridgehead atoms. The highest BCUT2D eigenvalue weighted by Gasteiger charge is 2.14. The maximum absolute atomic E-state index is 12.1. The molecule has 3 heterocycles. The first kappa shape index (κ1) is 17.4. The van der Waals surface area contributed by atoms with E-state index in [1.165, 1.54) is 19.3 Å². The Balaban J connectivity index is 1.50. The molecule has 7 heteroatoms. The third-order valence-corrected chi connectivity index (χ3v) is 4.60. The van der Waals surface area contributed by atoms with Crippen LogP contribution in [0.3, 0.4) is 0 Å². The molecule has 2 aromatic rings. The molecule has 3 rings (SSSR count). The molecule has 7 nitrogen and oxygen atoms in total. The van der Waals surface area contributed by atoms with Gasteiger partial charge in [-0.25, -0.2) is 9.97 Å². The second kappa shape index (κ2) is 8.09. The lowest BCUT2D eigenvalue weighted by Crippen LogP contribution is -2.31. The van der Waals surface area contributed by atoms with E-state index in [-0.39, 0.29) is 5.91 Å². The third kappa shape index (κ3) is 4.55. The van der Waals surface area contributed by atoms with Crippen molar-refractivity contribution in [1.29, 1.82) is 0 Å². The Morgan fingerprint density at radius 3 is 2.80 bits per heavy atom. The minimum Gasteiger partial charge on any atom is -0.361 e. The molecule has 0 atom stereocenters. The molecular formula is C18H25N5O2. The normalized spacial score (nSPS) is 14.6. The predicted octanol–water partition coefficient (Wildman–Crippen LogP) is 2.32. The number of nitrogens with one attached hydrogen (secondary N) is 1. The minimum absolute atomic E-state index is 0.0213. The molecule has 1 amide bonds. The molecule has 134 valence electrons. The van der Waals surface area contributed by atoms with Crippen molar-refractivity contribution in [3.63, 3.8) is 0 Å². The highest BCUT2D eigenvalue weighted by Crippen LogP contribution is 2.17. The van der Waals surface area contributed by atoms with Crippen LogP contribution in [0.4, 0.5) is 5.82 Å². The van der Waals surface area contributed by atoms with Crippen LogP contribution in [-0.2, 0) is 17.8 Å². The monoisotopic (exact) mass is 343 g/mol. The Kier molecular flexibility index (Phi) is 5.63. The molecular weight excluding hydrogens is 318 g/mol. The average Bonchev–Trinajstić information content (AvgIpc) is 2.97. The molecule has 2 aromatic heterocycles. The van der Waals surface area contributed by atoms with Gasteiger partial charge in [0.25, 0.3) is 0 Å². The Morgan fingerprint density at radius 1 is 1.28 bits per heavy atom. The maximum Gasteiger partial charge on any atom is 0.220 e. The van der Waals surface area contributed by atoms with Crippen molar-refractivity contribution in [2.45, 2.75) is 52.5 Å². The van der Waals surface area contributed by atoms with E-state index in [2.05, 4.69) is 25.3 Å². The number of carbonyl (C=O) groups excluding carboxylic acids is 1. The fourth-order valence-electron chi connectivity index (χ4n) is 3.14. The summed E-state index contributed by atoms with van der Waals surface area (Å²) in [6.45, 7) is 6.19. The lowest BCUT2D eigenvalue weighted by molar-refractivity contribution is -0.121. The van der Waals surface area contributed by atoms with Gasteiger partial charge in [-0.2, -0.15) is 0 Å². The highest BCUT2D eigenvalue weighted by atomic mass is 16.5. The molecule has 1 saturated heterocycles. The van der Waals surface area contributed by atoms with Crippen molar-refractivity contribution < 1.29 is 9.32 Å². The zero-order valence-electron chi connectivity index (χ0n) is 14.9. The average molecular weight is 343 g/mol. The molecule has 25 heavy (non-hydrogen) atoms. The first-order chi connectivity index (χ1) is 12.1. The van der Waals surface area contributed by atoms with Crippen LogP contribution in [0.5, 0.6) is 0 Å². The van der Waals surface area contributed by atoms with Gasteiger partial charge in [0, 0.05) is 31.3 Å². The fraction of sp³-hybridized carbons (Fsp3) is 0.556. The zero-order chi connectivity index (χ0) is 17.6. The van der Waals surface area contributed by atoms with E-state index in [0.717, 1.165) is 35.9 Å². The van der Waals surface area contributed by atoms with E-state index in [9.17, 15) is 4.79 Å². The van der Waals surface area contributed by atoms with Gasteiger partial charge < -0.3 is 14.7 Å². The van der Waals surface area contributed by atoms with Crippen LogP contribution in [0.1, 0.15) is 48.5 Å². The van der Waals surface area contributed by atoms with Gasteiger partial charge in [-0.15, -0.1) is 0 Å². The van der Waals surface area contributed by atoms with Gasteiger partial charge >= 0.3 is 0 Å². The van der Waals surface area contributed by atoms with Gasteiger partial charge in [0.1, 0.15) is 17.4 Å². The van der Waals surface area contributed by atoms with Crippen LogP contribution >= 0.6 is 0 Å². The van der Waals surface area contributed by atoms with Gasteiger partial charge in [-0.3, -0.25) is 4.79 Å².